The van der Waals surface area contributed by atoms with Crippen LogP contribution >= 0.6 is 11.6 Å². The molecule has 0 fully saturated rings. The lowest BCUT2D eigenvalue weighted by atomic mass is 10.2. The van der Waals surface area contributed by atoms with Gasteiger partial charge in [0.1, 0.15) is 13.2 Å². The fourth-order valence-electron chi connectivity index (χ4n) is 1.23. The molecule has 1 N–H and O–H groups in total. The summed E-state index contributed by atoms with van der Waals surface area (Å²) in [5.74, 6) is -0.541. The normalized spacial score (nSPS) is 9.62. The van der Waals surface area contributed by atoms with Crippen LogP contribution in [0.5, 0.6) is 0 Å². The third-order valence-electron chi connectivity index (χ3n) is 2.26. The maximum Gasteiger partial charge on any atom is 0.411 e. The third-order valence-corrected chi connectivity index (χ3v) is 2.47. The minimum absolute atomic E-state index is 0.0567. The lowest BCUT2D eigenvalue weighted by Gasteiger charge is -2.08. The summed E-state index contributed by atoms with van der Waals surface area (Å²) >= 11 is 5.29. The van der Waals surface area contributed by atoms with Crippen molar-refractivity contribution in [2.24, 2.45) is 0 Å². The quantitative estimate of drug-likeness (QED) is 0.378. The van der Waals surface area contributed by atoms with Gasteiger partial charge in [0.2, 0.25) is 0 Å². The molecule has 0 bridgehead atoms. The highest BCUT2D eigenvalue weighted by atomic mass is 35.5. The molecule has 7 heteroatoms. The molecule has 1 aromatic carbocycles. The first-order chi connectivity index (χ1) is 9.90. The molecule has 0 saturated carbocycles. The Morgan fingerprint density at radius 1 is 1.14 bits per heavy atom. The van der Waals surface area contributed by atoms with Crippen LogP contribution in [0.3, 0.4) is 0 Å². The highest BCUT2D eigenvalue weighted by Crippen LogP contribution is 2.11. The monoisotopic (exact) mass is 311 g/mol. The number of hydrogen-bond donors (Lipinski definition) is 1. The molecule has 112 valence electrons. The second-order valence-electron chi connectivity index (χ2n) is 4.03. The standard InChI is InChI=1S/C14H14ClNO5/c1-9(2)13(18)20-7-8-21-14(19)16-11-5-3-10(4-6-11)12(15)17/h3-6H,1,7-8H2,2H3,(H,16,19). The van der Waals surface area contributed by atoms with Crippen molar-refractivity contribution in [2.45, 2.75) is 6.92 Å². The molecule has 0 aliphatic rings. The van der Waals surface area contributed by atoms with Crippen LogP contribution in [-0.4, -0.2) is 30.5 Å². The Morgan fingerprint density at radius 3 is 2.24 bits per heavy atom. The van der Waals surface area contributed by atoms with Crippen molar-refractivity contribution in [2.75, 3.05) is 18.5 Å². The van der Waals surface area contributed by atoms with Crippen molar-refractivity contribution in [1.82, 2.24) is 0 Å². The van der Waals surface area contributed by atoms with E-state index in [9.17, 15) is 14.4 Å². The zero-order chi connectivity index (χ0) is 15.8. The number of amides is 1. The van der Waals surface area contributed by atoms with E-state index in [1.54, 1.807) is 0 Å². The SMILES string of the molecule is C=C(C)C(=O)OCCOC(=O)Nc1ccc(C(=O)Cl)cc1. The van der Waals surface area contributed by atoms with E-state index in [2.05, 4.69) is 11.9 Å². The molecule has 21 heavy (non-hydrogen) atoms. The van der Waals surface area contributed by atoms with Gasteiger partial charge < -0.3 is 9.47 Å². The molecule has 0 saturated heterocycles. The Kier molecular flexibility index (Phi) is 6.42. The van der Waals surface area contributed by atoms with Crippen molar-refractivity contribution >= 4 is 34.6 Å². The molecule has 6 nitrogen and oxygen atoms in total. The molecule has 1 amide bonds. The number of carbonyl (C=O) groups is 3. The van der Waals surface area contributed by atoms with E-state index in [0.29, 0.717) is 11.3 Å². The highest BCUT2D eigenvalue weighted by Gasteiger charge is 2.06. The predicted molar refractivity (Wildman–Crippen MR) is 77.4 cm³/mol. The Hall–Kier alpha value is -2.34. The van der Waals surface area contributed by atoms with E-state index in [4.69, 9.17) is 21.1 Å². The third kappa shape index (κ3) is 6.09. The van der Waals surface area contributed by atoms with Gasteiger partial charge in [0.05, 0.1) is 0 Å². The van der Waals surface area contributed by atoms with Crippen LogP contribution in [0, 0.1) is 0 Å². The first kappa shape index (κ1) is 16.7. The lowest BCUT2D eigenvalue weighted by molar-refractivity contribution is -0.139. The van der Waals surface area contributed by atoms with Gasteiger partial charge in [0, 0.05) is 16.8 Å². The second-order valence-corrected chi connectivity index (χ2v) is 4.37. The van der Waals surface area contributed by atoms with Crippen LogP contribution in [0.4, 0.5) is 10.5 Å². The van der Waals surface area contributed by atoms with Crippen LogP contribution in [0.1, 0.15) is 17.3 Å². The zero-order valence-electron chi connectivity index (χ0n) is 11.3. The molecule has 0 atom stereocenters. The summed E-state index contributed by atoms with van der Waals surface area (Å²) in [5.41, 5.74) is 1.04. The zero-order valence-corrected chi connectivity index (χ0v) is 12.1. The number of hydrogen-bond acceptors (Lipinski definition) is 5. The average molecular weight is 312 g/mol. The summed E-state index contributed by atoms with van der Waals surface area (Å²) < 4.78 is 9.55. The van der Waals surface area contributed by atoms with Gasteiger partial charge in [0.25, 0.3) is 5.24 Å². The number of ether oxygens (including phenoxy) is 2. The van der Waals surface area contributed by atoms with Gasteiger partial charge in [-0.3, -0.25) is 10.1 Å². The first-order valence-corrected chi connectivity index (χ1v) is 6.34. The summed E-state index contributed by atoms with van der Waals surface area (Å²) in [6, 6.07) is 5.97. The van der Waals surface area contributed by atoms with E-state index in [0.717, 1.165) is 0 Å². The molecule has 0 spiro atoms. The van der Waals surface area contributed by atoms with Crippen LogP contribution < -0.4 is 5.32 Å². The van der Waals surface area contributed by atoms with Crippen molar-refractivity contribution < 1.29 is 23.9 Å². The summed E-state index contributed by atoms with van der Waals surface area (Å²) in [5, 5.41) is 1.87. The first-order valence-electron chi connectivity index (χ1n) is 5.96. The molecule has 0 unspecified atom stereocenters. The van der Waals surface area contributed by atoms with E-state index in [-0.39, 0.29) is 18.8 Å². The summed E-state index contributed by atoms with van der Waals surface area (Å²) in [4.78, 5) is 33.3. The van der Waals surface area contributed by atoms with Crippen LogP contribution in [-0.2, 0) is 14.3 Å². The molecule has 0 aliphatic heterocycles. The molecule has 1 rings (SSSR count). The molecule has 0 heterocycles. The molecule has 0 aliphatic carbocycles. The number of benzene rings is 1. The summed E-state index contributed by atoms with van der Waals surface area (Å²) in [7, 11) is 0. The van der Waals surface area contributed by atoms with Gasteiger partial charge in [0.15, 0.2) is 0 Å². The van der Waals surface area contributed by atoms with Gasteiger partial charge in [-0.25, -0.2) is 9.59 Å². The van der Waals surface area contributed by atoms with Gasteiger partial charge in [-0.15, -0.1) is 0 Å². The number of esters is 1. The Balaban J connectivity index is 2.32. The van der Waals surface area contributed by atoms with Crippen molar-refractivity contribution in [3.63, 3.8) is 0 Å². The topological polar surface area (TPSA) is 81.7 Å². The highest BCUT2D eigenvalue weighted by molar-refractivity contribution is 6.67. The fourth-order valence-corrected chi connectivity index (χ4v) is 1.36. The largest absolute Gasteiger partial charge is 0.459 e. The van der Waals surface area contributed by atoms with Crippen molar-refractivity contribution in [3.05, 3.63) is 42.0 Å². The van der Waals surface area contributed by atoms with Gasteiger partial charge in [-0.05, 0) is 42.8 Å². The van der Waals surface area contributed by atoms with E-state index >= 15 is 0 Å². The van der Waals surface area contributed by atoms with Gasteiger partial charge in [-0.1, -0.05) is 6.58 Å². The number of anilines is 1. The van der Waals surface area contributed by atoms with Crippen LogP contribution in [0.2, 0.25) is 0 Å². The van der Waals surface area contributed by atoms with Gasteiger partial charge >= 0.3 is 12.1 Å². The number of nitrogens with one attached hydrogen (secondary N) is 1. The van der Waals surface area contributed by atoms with E-state index in [1.807, 2.05) is 0 Å². The number of halogens is 1. The Bertz CT molecular complexity index is 553. The minimum atomic E-state index is -0.702. The smallest absolute Gasteiger partial charge is 0.411 e. The van der Waals surface area contributed by atoms with Crippen LogP contribution in [0.15, 0.2) is 36.4 Å². The predicted octanol–water partition coefficient (Wildman–Crippen LogP) is 2.73. The molecule has 0 aromatic heterocycles. The average Bonchev–Trinajstić information content (AvgIpc) is 2.43. The Labute approximate surface area is 126 Å². The van der Waals surface area contributed by atoms with Crippen LogP contribution in [0.25, 0.3) is 0 Å². The lowest BCUT2D eigenvalue weighted by Crippen LogP contribution is -2.18. The molecule has 0 radical (unpaired) electrons. The van der Waals surface area contributed by atoms with Gasteiger partial charge in [-0.2, -0.15) is 0 Å². The number of carbonyl (C=O) groups excluding carboxylic acids is 3. The van der Waals surface area contributed by atoms with E-state index < -0.39 is 17.3 Å². The van der Waals surface area contributed by atoms with Crippen molar-refractivity contribution in [3.8, 4) is 0 Å². The summed E-state index contributed by atoms with van der Waals surface area (Å²) in [6.45, 7) is 4.80. The molecular weight excluding hydrogens is 298 g/mol. The maximum absolute atomic E-state index is 11.4. The fraction of sp³-hybridized carbons (Fsp3) is 0.214. The Morgan fingerprint density at radius 2 is 1.71 bits per heavy atom. The van der Waals surface area contributed by atoms with E-state index in [1.165, 1.54) is 31.2 Å². The molecular formula is C14H14ClNO5. The maximum atomic E-state index is 11.4. The number of rotatable bonds is 6. The van der Waals surface area contributed by atoms with Crippen molar-refractivity contribution in [1.29, 1.82) is 0 Å². The molecule has 1 aromatic rings. The second kappa shape index (κ2) is 8.06. The minimum Gasteiger partial charge on any atom is -0.459 e. The summed E-state index contributed by atoms with van der Waals surface area (Å²) in [6.07, 6.45) is -0.702.